The normalized spacial score (nSPS) is 10.7. The molecule has 0 aromatic carbocycles. The fourth-order valence-electron chi connectivity index (χ4n) is 1.40. The molecule has 19 heavy (non-hydrogen) atoms. The number of anilines is 2. The predicted molar refractivity (Wildman–Crippen MR) is 72.7 cm³/mol. The summed E-state index contributed by atoms with van der Waals surface area (Å²) in [5.74, 6) is 2.30. The van der Waals surface area contributed by atoms with Crippen LogP contribution < -0.4 is 15.8 Å². The number of aromatic amines is 1. The average Bonchev–Trinajstić information content (AvgIpc) is 2.89. The Balaban J connectivity index is 1.99. The lowest BCUT2D eigenvalue weighted by Crippen LogP contribution is -2.09. The Bertz CT molecular complexity index is 511. The highest BCUT2D eigenvalue weighted by Crippen LogP contribution is 2.21. The van der Waals surface area contributed by atoms with Gasteiger partial charge in [0.2, 0.25) is 5.88 Å². The van der Waals surface area contributed by atoms with Gasteiger partial charge in [-0.1, -0.05) is 13.8 Å². The number of nitrogens with zero attached hydrogens (tertiary/aromatic N) is 3. The summed E-state index contributed by atoms with van der Waals surface area (Å²) in [7, 11) is 0. The molecule has 0 aliphatic heterocycles. The molecule has 0 saturated heterocycles. The number of ether oxygens (including phenoxy) is 1. The van der Waals surface area contributed by atoms with Gasteiger partial charge in [-0.05, 0) is 18.1 Å². The minimum atomic E-state index is 0.423. The standard InChI is InChI=1S/C12H18N6O/c1-8(2)6-19-12-9(13)3-4-10(17-12)14-5-11-15-7-16-18-11/h3-4,7-8H,5-6,13H2,1-2H3,(H,14,17)(H,15,16,18). The minimum absolute atomic E-state index is 0.423. The maximum Gasteiger partial charge on any atom is 0.239 e. The van der Waals surface area contributed by atoms with Crippen molar-refractivity contribution >= 4 is 11.5 Å². The number of nitrogens with two attached hydrogens (primary N) is 1. The van der Waals surface area contributed by atoms with Crippen LogP contribution in [0.4, 0.5) is 11.5 Å². The lowest BCUT2D eigenvalue weighted by molar-refractivity contribution is 0.263. The van der Waals surface area contributed by atoms with Gasteiger partial charge < -0.3 is 15.8 Å². The number of hydrogen-bond acceptors (Lipinski definition) is 6. The van der Waals surface area contributed by atoms with E-state index >= 15 is 0 Å². The van der Waals surface area contributed by atoms with E-state index in [1.807, 2.05) is 0 Å². The van der Waals surface area contributed by atoms with Crippen molar-refractivity contribution in [3.8, 4) is 5.88 Å². The fourth-order valence-corrected chi connectivity index (χ4v) is 1.40. The summed E-state index contributed by atoms with van der Waals surface area (Å²) in [5.41, 5.74) is 6.36. The van der Waals surface area contributed by atoms with Crippen molar-refractivity contribution in [2.24, 2.45) is 5.92 Å². The molecule has 0 atom stereocenters. The van der Waals surface area contributed by atoms with Gasteiger partial charge in [-0.2, -0.15) is 10.1 Å². The highest BCUT2D eigenvalue weighted by molar-refractivity contribution is 5.53. The molecule has 0 unspecified atom stereocenters. The Hall–Kier alpha value is -2.31. The van der Waals surface area contributed by atoms with Gasteiger partial charge in [-0.15, -0.1) is 0 Å². The first-order valence-corrected chi connectivity index (χ1v) is 6.12. The first-order chi connectivity index (χ1) is 9.15. The Morgan fingerprint density at radius 1 is 1.42 bits per heavy atom. The van der Waals surface area contributed by atoms with Crippen molar-refractivity contribution in [2.45, 2.75) is 20.4 Å². The molecule has 102 valence electrons. The zero-order valence-corrected chi connectivity index (χ0v) is 11.1. The highest BCUT2D eigenvalue weighted by atomic mass is 16.5. The van der Waals surface area contributed by atoms with E-state index in [2.05, 4.69) is 39.3 Å². The largest absolute Gasteiger partial charge is 0.476 e. The van der Waals surface area contributed by atoms with Gasteiger partial charge in [0.05, 0.1) is 18.8 Å². The fraction of sp³-hybridized carbons (Fsp3) is 0.417. The third-order valence-corrected chi connectivity index (χ3v) is 2.34. The predicted octanol–water partition coefficient (Wildman–Crippen LogP) is 1.43. The molecule has 0 aliphatic rings. The maximum atomic E-state index is 5.82. The number of hydrogen-bond donors (Lipinski definition) is 3. The van der Waals surface area contributed by atoms with E-state index in [1.165, 1.54) is 6.33 Å². The van der Waals surface area contributed by atoms with Crippen LogP contribution in [0, 0.1) is 5.92 Å². The van der Waals surface area contributed by atoms with Gasteiger partial charge in [-0.25, -0.2) is 4.98 Å². The summed E-state index contributed by atoms with van der Waals surface area (Å²) in [4.78, 5) is 8.34. The highest BCUT2D eigenvalue weighted by Gasteiger charge is 2.06. The Morgan fingerprint density at radius 3 is 2.95 bits per heavy atom. The van der Waals surface area contributed by atoms with Gasteiger partial charge in [0.1, 0.15) is 18.0 Å². The Kier molecular flexibility index (Phi) is 4.17. The second-order valence-electron chi connectivity index (χ2n) is 4.58. The van der Waals surface area contributed by atoms with Crippen LogP contribution >= 0.6 is 0 Å². The molecule has 0 spiro atoms. The van der Waals surface area contributed by atoms with Gasteiger partial charge in [0.25, 0.3) is 0 Å². The smallest absolute Gasteiger partial charge is 0.239 e. The lowest BCUT2D eigenvalue weighted by Gasteiger charge is -2.11. The molecule has 7 heteroatoms. The average molecular weight is 262 g/mol. The Morgan fingerprint density at radius 2 is 2.26 bits per heavy atom. The molecule has 0 fully saturated rings. The zero-order chi connectivity index (χ0) is 13.7. The van der Waals surface area contributed by atoms with E-state index in [0.717, 1.165) is 5.82 Å². The molecule has 0 bridgehead atoms. The number of pyridine rings is 1. The third-order valence-electron chi connectivity index (χ3n) is 2.34. The minimum Gasteiger partial charge on any atom is -0.476 e. The van der Waals surface area contributed by atoms with Crippen LogP contribution in [0.25, 0.3) is 0 Å². The van der Waals surface area contributed by atoms with Gasteiger partial charge in [0, 0.05) is 0 Å². The second-order valence-corrected chi connectivity index (χ2v) is 4.58. The van der Waals surface area contributed by atoms with Crippen molar-refractivity contribution in [2.75, 3.05) is 17.7 Å². The molecular weight excluding hydrogens is 244 g/mol. The molecule has 4 N–H and O–H groups in total. The number of H-pyrrole nitrogens is 1. The van der Waals surface area contributed by atoms with Crippen LogP contribution in [0.1, 0.15) is 19.7 Å². The van der Waals surface area contributed by atoms with Crippen molar-refractivity contribution < 1.29 is 4.74 Å². The molecule has 0 aliphatic carbocycles. The maximum absolute atomic E-state index is 5.82. The molecule has 0 saturated carbocycles. The molecule has 2 rings (SSSR count). The topological polar surface area (TPSA) is 102 Å². The van der Waals surface area contributed by atoms with Crippen molar-refractivity contribution in [3.63, 3.8) is 0 Å². The van der Waals surface area contributed by atoms with E-state index < -0.39 is 0 Å². The van der Waals surface area contributed by atoms with Crippen molar-refractivity contribution in [1.82, 2.24) is 20.2 Å². The van der Waals surface area contributed by atoms with Gasteiger partial charge in [0.15, 0.2) is 0 Å². The van der Waals surface area contributed by atoms with E-state index in [0.29, 0.717) is 36.5 Å². The summed E-state index contributed by atoms with van der Waals surface area (Å²) >= 11 is 0. The van der Waals surface area contributed by atoms with Crippen molar-refractivity contribution in [3.05, 3.63) is 24.3 Å². The van der Waals surface area contributed by atoms with Crippen LogP contribution in [0.2, 0.25) is 0 Å². The third kappa shape index (κ3) is 3.84. The van der Waals surface area contributed by atoms with Crippen LogP contribution in [0.3, 0.4) is 0 Å². The monoisotopic (exact) mass is 262 g/mol. The second kappa shape index (κ2) is 6.03. The summed E-state index contributed by atoms with van der Waals surface area (Å²) in [5, 5.41) is 9.66. The molecule has 2 heterocycles. The molecule has 7 nitrogen and oxygen atoms in total. The molecule has 0 amide bonds. The summed E-state index contributed by atoms with van der Waals surface area (Å²) in [6, 6.07) is 3.57. The number of nitrogen functional groups attached to an aromatic ring is 1. The lowest BCUT2D eigenvalue weighted by atomic mass is 10.2. The van der Waals surface area contributed by atoms with Gasteiger partial charge in [-0.3, -0.25) is 5.10 Å². The number of aromatic nitrogens is 4. The van der Waals surface area contributed by atoms with Crippen LogP contribution in [-0.2, 0) is 6.54 Å². The Labute approximate surface area is 111 Å². The van der Waals surface area contributed by atoms with E-state index in [1.54, 1.807) is 12.1 Å². The number of rotatable bonds is 6. The van der Waals surface area contributed by atoms with E-state index in [9.17, 15) is 0 Å². The molecule has 0 radical (unpaired) electrons. The first kappa shape index (κ1) is 13.1. The summed E-state index contributed by atoms with van der Waals surface area (Å²) < 4.78 is 5.56. The zero-order valence-electron chi connectivity index (χ0n) is 11.1. The van der Waals surface area contributed by atoms with Crippen LogP contribution in [0.5, 0.6) is 5.88 Å². The number of nitrogens with one attached hydrogen (secondary N) is 2. The molecule has 2 aromatic rings. The molecular formula is C12H18N6O. The molecule has 2 aromatic heterocycles. The quantitative estimate of drug-likeness (QED) is 0.728. The van der Waals surface area contributed by atoms with Crippen molar-refractivity contribution in [1.29, 1.82) is 0 Å². The summed E-state index contributed by atoms with van der Waals surface area (Å²) in [6.07, 6.45) is 1.46. The summed E-state index contributed by atoms with van der Waals surface area (Å²) in [6.45, 7) is 5.24. The first-order valence-electron chi connectivity index (χ1n) is 6.12. The van der Waals surface area contributed by atoms with E-state index in [4.69, 9.17) is 10.5 Å². The SMILES string of the molecule is CC(C)COc1nc(NCc2ncn[nH]2)ccc1N. The van der Waals surface area contributed by atoms with Crippen LogP contribution in [0.15, 0.2) is 18.5 Å². The van der Waals surface area contributed by atoms with Crippen LogP contribution in [-0.4, -0.2) is 26.8 Å². The van der Waals surface area contributed by atoms with E-state index in [-0.39, 0.29) is 0 Å². The van der Waals surface area contributed by atoms with Gasteiger partial charge >= 0.3 is 0 Å².